The number of rotatable bonds is 5. The molecular weight excluding hydrogens is 284 g/mol. The molecule has 90 valence electrons. The molecule has 1 aromatic carbocycles. The summed E-state index contributed by atoms with van der Waals surface area (Å²) in [5, 5.41) is 3.29. The van der Waals surface area contributed by atoms with Gasteiger partial charge >= 0.3 is 0 Å². The van der Waals surface area contributed by atoms with Gasteiger partial charge in [-0.25, -0.2) is 0 Å². The summed E-state index contributed by atoms with van der Waals surface area (Å²) in [5.41, 5.74) is 7.97. The largest absolute Gasteiger partial charge is 0.376 e. The molecule has 16 heavy (non-hydrogen) atoms. The Morgan fingerprint density at radius 1 is 1.25 bits per heavy atom. The van der Waals surface area contributed by atoms with Crippen molar-refractivity contribution in [2.45, 2.75) is 32.7 Å². The predicted molar refractivity (Wildman–Crippen MR) is 79.0 cm³/mol. The van der Waals surface area contributed by atoms with E-state index in [-0.39, 0.29) is 17.0 Å². The summed E-state index contributed by atoms with van der Waals surface area (Å²) < 4.78 is 0. The lowest BCUT2D eigenvalue weighted by Gasteiger charge is -2.05. The van der Waals surface area contributed by atoms with E-state index in [4.69, 9.17) is 18.0 Å². The maximum absolute atomic E-state index is 5.36. The van der Waals surface area contributed by atoms with Crippen LogP contribution in [0.1, 0.15) is 30.9 Å². The molecule has 0 aliphatic rings. The van der Waals surface area contributed by atoms with Crippen LogP contribution < -0.4 is 11.1 Å². The number of benzene rings is 1. The predicted octanol–water partition coefficient (Wildman–Crippen LogP) is 2.94. The molecule has 0 aliphatic heterocycles. The van der Waals surface area contributed by atoms with Crippen molar-refractivity contribution in [2.75, 3.05) is 0 Å². The van der Waals surface area contributed by atoms with Crippen molar-refractivity contribution in [1.82, 2.24) is 5.32 Å². The van der Waals surface area contributed by atoms with Crippen LogP contribution in [0.2, 0.25) is 0 Å². The summed E-state index contributed by atoms with van der Waals surface area (Å²) in [6, 6.07) is 8.59. The van der Waals surface area contributed by atoms with Crippen molar-refractivity contribution >= 4 is 34.3 Å². The lowest BCUT2D eigenvalue weighted by atomic mass is 10.1. The molecule has 0 fully saturated rings. The number of hydrogen-bond donors (Lipinski definition) is 2. The number of aryl methyl sites for hydroxylation is 1. The summed E-state index contributed by atoms with van der Waals surface area (Å²) in [4.78, 5) is 0. The van der Waals surface area contributed by atoms with Crippen LogP contribution in [0.3, 0.4) is 0 Å². The number of unbranched alkanes of at least 4 members (excludes halogenated alkanes) is 1. The van der Waals surface area contributed by atoms with Gasteiger partial charge in [0.15, 0.2) is 5.11 Å². The maximum Gasteiger partial charge on any atom is 0.163 e. The molecule has 0 aliphatic carbocycles. The highest BCUT2D eigenvalue weighted by molar-refractivity contribution is 8.93. The van der Waals surface area contributed by atoms with Crippen LogP contribution >= 0.6 is 29.2 Å². The van der Waals surface area contributed by atoms with Crippen LogP contribution in [-0.4, -0.2) is 5.11 Å². The van der Waals surface area contributed by atoms with Gasteiger partial charge in [-0.3, -0.25) is 0 Å². The van der Waals surface area contributed by atoms with Crippen molar-refractivity contribution in [3.8, 4) is 0 Å². The molecule has 0 spiro atoms. The Labute approximate surface area is 113 Å². The molecule has 0 bridgehead atoms. The third-order valence-corrected chi connectivity index (χ3v) is 2.45. The van der Waals surface area contributed by atoms with E-state index in [0.29, 0.717) is 11.7 Å². The van der Waals surface area contributed by atoms with Gasteiger partial charge in [0, 0.05) is 6.54 Å². The van der Waals surface area contributed by atoms with Crippen LogP contribution in [-0.2, 0) is 13.0 Å². The van der Waals surface area contributed by atoms with Crippen LogP contribution in [0.15, 0.2) is 24.3 Å². The zero-order valence-electron chi connectivity index (χ0n) is 9.53. The fourth-order valence-corrected chi connectivity index (χ4v) is 1.47. The Hall–Kier alpha value is -0.610. The second-order valence-electron chi connectivity index (χ2n) is 3.64. The number of nitrogens with two attached hydrogens (primary N) is 1. The monoisotopic (exact) mass is 302 g/mol. The highest BCUT2D eigenvalue weighted by Crippen LogP contribution is 2.07. The van der Waals surface area contributed by atoms with Gasteiger partial charge in [0.05, 0.1) is 0 Å². The first-order valence-corrected chi connectivity index (χ1v) is 5.74. The van der Waals surface area contributed by atoms with Crippen molar-refractivity contribution in [1.29, 1.82) is 0 Å². The molecule has 0 amide bonds. The highest BCUT2D eigenvalue weighted by atomic mass is 79.9. The van der Waals surface area contributed by atoms with Gasteiger partial charge in [0.2, 0.25) is 0 Å². The smallest absolute Gasteiger partial charge is 0.163 e. The van der Waals surface area contributed by atoms with E-state index >= 15 is 0 Å². The Morgan fingerprint density at radius 3 is 2.31 bits per heavy atom. The number of nitrogens with one attached hydrogen (secondary N) is 1. The van der Waals surface area contributed by atoms with Crippen LogP contribution in [0.4, 0.5) is 0 Å². The molecular formula is C12H19BrN2S. The van der Waals surface area contributed by atoms with Gasteiger partial charge in [-0.1, -0.05) is 37.6 Å². The SMILES string of the molecule is Br.CCCCc1ccc(CNC(N)=S)cc1. The Balaban J connectivity index is 0.00000225. The highest BCUT2D eigenvalue weighted by Gasteiger charge is 1.95. The maximum atomic E-state index is 5.36. The molecule has 0 heterocycles. The Morgan fingerprint density at radius 2 is 1.81 bits per heavy atom. The third kappa shape index (κ3) is 6.08. The third-order valence-electron chi connectivity index (χ3n) is 2.31. The summed E-state index contributed by atoms with van der Waals surface area (Å²) in [7, 11) is 0. The first-order valence-electron chi connectivity index (χ1n) is 5.33. The molecule has 0 aromatic heterocycles. The fraction of sp³-hybridized carbons (Fsp3) is 0.417. The van der Waals surface area contributed by atoms with Crippen LogP contribution in [0, 0.1) is 0 Å². The van der Waals surface area contributed by atoms with E-state index in [1.807, 2.05) is 0 Å². The molecule has 0 radical (unpaired) electrons. The summed E-state index contributed by atoms with van der Waals surface area (Å²) in [5.74, 6) is 0. The van der Waals surface area contributed by atoms with Crippen LogP contribution in [0.25, 0.3) is 0 Å². The molecule has 4 heteroatoms. The first-order chi connectivity index (χ1) is 7.22. The van der Waals surface area contributed by atoms with Gasteiger partial charge in [0.1, 0.15) is 0 Å². The topological polar surface area (TPSA) is 38.0 Å². The number of thiocarbonyl (C=S) groups is 1. The molecule has 2 nitrogen and oxygen atoms in total. The van der Waals surface area contributed by atoms with Gasteiger partial charge in [0.25, 0.3) is 0 Å². The van der Waals surface area contributed by atoms with Crippen LogP contribution in [0.5, 0.6) is 0 Å². The zero-order valence-corrected chi connectivity index (χ0v) is 12.1. The van der Waals surface area contributed by atoms with Gasteiger partial charge in [-0.15, -0.1) is 17.0 Å². The van der Waals surface area contributed by atoms with Crippen molar-refractivity contribution in [3.05, 3.63) is 35.4 Å². The van der Waals surface area contributed by atoms with E-state index in [1.54, 1.807) is 0 Å². The first kappa shape index (κ1) is 15.4. The Bertz CT molecular complexity index is 311. The van der Waals surface area contributed by atoms with Crippen molar-refractivity contribution in [2.24, 2.45) is 5.73 Å². The normalized spacial score (nSPS) is 9.31. The molecule has 1 aromatic rings. The van der Waals surface area contributed by atoms with Gasteiger partial charge in [-0.05, 0) is 36.2 Å². The minimum atomic E-state index is 0. The zero-order chi connectivity index (χ0) is 11.1. The summed E-state index contributed by atoms with van der Waals surface area (Å²) in [6.07, 6.45) is 3.66. The lowest BCUT2D eigenvalue weighted by Crippen LogP contribution is -2.28. The van der Waals surface area contributed by atoms with Gasteiger partial charge < -0.3 is 11.1 Å². The summed E-state index contributed by atoms with van der Waals surface area (Å²) >= 11 is 4.74. The van der Waals surface area contributed by atoms with E-state index in [1.165, 1.54) is 30.4 Å². The van der Waals surface area contributed by atoms with E-state index in [9.17, 15) is 0 Å². The molecule has 3 N–H and O–H groups in total. The van der Waals surface area contributed by atoms with Crippen molar-refractivity contribution in [3.63, 3.8) is 0 Å². The van der Waals surface area contributed by atoms with E-state index in [2.05, 4.69) is 36.5 Å². The quantitative estimate of drug-likeness (QED) is 0.821. The lowest BCUT2D eigenvalue weighted by molar-refractivity contribution is 0.794. The van der Waals surface area contributed by atoms with Gasteiger partial charge in [-0.2, -0.15) is 0 Å². The number of halogens is 1. The molecule has 0 saturated carbocycles. The minimum absolute atomic E-state index is 0. The standard InChI is InChI=1S/C12H18N2S.BrH/c1-2-3-4-10-5-7-11(8-6-10)9-14-12(13)15;/h5-8H,2-4,9H2,1H3,(H3,13,14,15);1H. The number of hydrogen-bond acceptors (Lipinski definition) is 1. The Kier molecular flexibility index (Phi) is 8.21. The fourth-order valence-electron chi connectivity index (χ4n) is 1.39. The van der Waals surface area contributed by atoms with Crippen molar-refractivity contribution < 1.29 is 0 Å². The minimum Gasteiger partial charge on any atom is -0.376 e. The second-order valence-corrected chi connectivity index (χ2v) is 4.08. The average molecular weight is 303 g/mol. The summed E-state index contributed by atoms with van der Waals surface area (Å²) in [6.45, 7) is 2.92. The molecule has 1 rings (SSSR count). The molecule has 0 unspecified atom stereocenters. The second kappa shape index (κ2) is 8.53. The molecule has 0 saturated heterocycles. The van der Waals surface area contributed by atoms with E-state index in [0.717, 1.165) is 0 Å². The van der Waals surface area contributed by atoms with E-state index < -0.39 is 0 Å². The molecule has 0 atom stereocenters. The average Bonchev–Trinajstić information content (AvgIpc) is 2.25.